The molecular weight excluding hydrogens is 636 g/mol. The second kappa shape index (κ2) is 12.8. The molecule has 4 fully saturated rings. The number of nitrogens with one attached hydrogen (secondary N) is 1. The van der Waals surface area contributed by atoms with Crippen LogP contribution in [0.2, 0.25) is 0 Å². The Morgan fingerprint density at radius 1 is 0.961 bits per heavy atom. The number of nitrogens with zero attached hydrogens (tertiary/aromatic N) is 3. The van der Waals surface area contributed by atoms with Crippen LogP contribution in [0.3, 0.4) is 0 Å². The third kappa shape index (κ3) is 5.63. The molecule has 0 radical (unpaired) electrons. The quantitative estimate of drug-likeness (QED) is 0.170. The van der Waals surface area contributed by atoms with E-state index < -0.39 is 5.41 Å². The lowest BCUT2D eigenvalue weighted by molar-refractivity contribution is -0.207. The Kier molecular flexibility index (Phi) is 9.16. The highest BCUT2D eigenvalue weighted by Crippen LogP contribution is 2.75. The van der Waals surface area contributed by atoms with E-state index in [0.29, 0.717) is 48.9 Å². The topological polar surface area (TPSA) is 106 Å². The average Bonchev–Trinajstić information content (AvgIpc) is 3.57. The lowest BCUT2D eigenvalue weighted by Crippen LogP contribution is -2.65. The summed E-state index contributed by atoms with van der Waals surface area (Å²) < 4.78 is 7.88. The van der Waals surface area contributed by atoms with Crippen molar-refractivity contribution in [3.8, 4) is 0 Å². The number of allylic oxidation sites excluding steroid dienone is 2. The van der Waals surface area contributed by atoms with Gasteiger partial charge < -0.3 is 15.2 Å². The van der Waals surface area contributed by atoms with Crippen molar-refractivity contribution in [3.05, 3.63) is 53.4 Å². The SMILES string of the molecule is Cc1ccc(NC(=O)c2cn(CCCOC(=O)[C@]34CC[C@@H](C)[C@H](C)[C@H]3C3=CC[C@@H]5[C@@]6(C)CC[C@H](O)C(C)(C)C6CC[C@@]5(C)[C@]3(C)CC4)nn2)cc1. The van der Waals surface area contributed by atoms with E-state index in [1.807, 2.05) is 31.2 Å². The van der Waals surface area contributed by atoms with Gasteiger partial charge in [-0.25, -0.2) is 0 Å². The minimum Gasteiger partial charge on any atom is -0.465 e. The van der Waals surface area contributed by atoms with E-state index in [1.54, 1.807) is 16.5 Å². The number of aliphatic hydroxyl groups excluding tert-OH is 1. The zero-order chi connectivity index (χ0) is 36.6. The molecule has 10 atom stereocenters. The van der Waals surface area contributed by atoms with Gasteiger partial charge in [0.05, 0.1) is 24.3 Å². The molecule has 1 aromatic carbocycles. The summed E-state index contributed by atoms with van der Waals surface area (Å²) in [6.45, 7) is 20.0. The minimum absolute atomic E-state index is 0.0167. The van der Waals surface area contributed by atoms with Crippen LogP contribution in [0.4, 0.5) is 5.69 Å². The van der Waals surface area contributed by atoms with Crippen molar-refractivity contribution in [2.45, 2.75) is 132 Å². The van der Waals surface area contributed by atoms with Crippen molar-refractivity contribution in [3.63, 3.8) is 0 Å². The number of carbonyl (C=O) groups is 2. The number of fused-ring (bicyclic) bond motifs is 7. The van der Waals surface area contributed by atoms with Crippen molar-refractivity contribution in [1.82, 2.24) is 15.0 Å². The van der Waals surface area contributed by atoms with Gasteiger partial charge in [-0.05, 0) is 128 Å². The Bertz CT molecular complexity index is 1680. The molecule has 5 aliphatic carbocycles. The van der Waals surface area contributed by atoms with Crippen LogP contribution in [0.25, 0.3) is 0 Å². The number of hydrogen-bond acceptors (Lipinski definition) is 6. The molecule has 278 valence electrons. The van der Waals surface area contributed by atoms with Crippen LogP contribution >= 0.6 is 0 Å². The highest BCUT2D eigenvalue weighted by atomic mass is 16.5. The number of ether oxygens (including phenoxy) is 1. The van der Waals surface area contributed by atoms with Gasteiger partial charge in [0.25, 0.3) is 5.91 Å². The highest BCUT2D eigenvalue weighted by Gasteiger charge is 2.69. The number of hydrogen-bond donors (Lipinski definition) is 2. The number of aliphatic hydroxyl groups is 1. The number of aromatic nitrogens is 3. The fraction of sp³-hybridized carbons (Fsp3) is 0.721. The lowest BCUT2D eigenvalue weighted by Gasteiger charge is -2.71. The Labute approximate surface area is 305 Å². The number of carbonyl (C=O) groups excluding carboxylic acids is 2. The van der Waals surface area contributed by atoms with E-state index in [1.165, 1.54) is 12.8 Å². The van der Waals surface area contributed by atoms with E-state index in [4.69, 9.17) is 4.74 Å². The predicted molar refractivity (Wildman–Crippen MR) is 200 cm³/mol. The Hall–Kier alpha value is -3.00. The average molecular weight is 699 g/mol. The summed E-state index contributed by atoms with van der Waals surface area (Å²) in [4.78, 5) is 27.1. The molecule has 1 amide bonds. The second-order valence-electron chi connectivity index (χ2n) is 18.9. The third-order valence-electron chi connectivity index (χ3n) is 16.2. The first-order valence-electron chi connectivity index (χ1n) is 19.9. The molecule has 0 bridgehead atoms. The summed E-state index contributed by atoms with van der Waals surface area (Å²) in [6.07, 6.45) is 13.9. The van der Waals surface area contributed by atoms with E-state index >= 15 is 0 Å². The van der Waals surface area contributed by atoms with E-state index in [-0.39, 0.29) is 51.3 Å². The molecule has 2 aromatic rings. The maximum atomic E-state index is 14.4. The minimum atomic E-state index is -0.479. The summed E-state index contributed by atoms with van der Waals surface area (Å²) >= 11 is 0. The number of benzene rings is 1. The third-order valence-corrected chi connectivity index (χ3v) is 16.2. The van der Waals surface area contributed by atoms with E-state index in [2.05, 4.69) is 70.2 Å². The molecule has 4 saturated carbocycles. The smallest absolute Gasteiger partial charge is 0.312 e. The van der Waals surface area contributed by atoms with Gasteiger partial charge in [-0.2, -0.15) is 0 Å². The van der Waals surface area contributed by atoms with Crippen molar-refractivity contribution >= 4 is 17.6 Å². The van der Waals surface area contributed by atoms with Gasteiger partial charge in [-0.1, -0.05) is 83.0 Å². The number of amides is 1. The van der Waals surface area contributed by atoms with Crippen LogP contribution in [-0.2, 0) is 16.1 Å². The van der Waals surface area contributed by atoms with Crippen LogP contribution in [-0.4, -0.2) is 44.7 Å². The van der Waals surface area contributed by atoms with Crippen LogP contribution in [0.5, 0.6) is 0 Å². The summed E-state index contributed by atoms with van der Waals surface area (Å²) in [5.41, 5.74) is 3.51. The van der Waals surface area contributed by atoms with Crippen molar-refractivity contribution in [2.24, 2.45) is 56.7 Å². The molecule has 2 N–H and O–H groups in total. The number of rotatable bonds is 7. The molecule has 1 aromatic heterocycles. The lowest BCUT2D eigenvalue weighted by atomic mass is 9.33. The fourth-order valence-electron chi connectivity index (χ4n) is 12.7. The normalized spacial score (nSPS) is 39.7. The Morgan fingerprint density at radius 3 is 2.45 bits per heavy atom. The molecule has 0 spiro atoms. The first kappa shape index (κ1) is 36.4. The van der Waals surface area contributed by atoms with Crippen LogP contribution < -0.4 is 5.32 Å². The van der Waals surface area contributed by atoms with Gasteiger partial charge in [0.15, 0.2) is 5.69 Å². The monoisotopic (exact) mass is 698 g/mol. The van der Waals surface area contributed by atoms with Gasteiger partial charge >= 0.3 is 5.97 Å². The molecule has 8 nitrogen and oxygen atoms in total. The number of esters is 1. The van der Waals surface area contributed by atoms with Crippen molar-refractivity contribution in [1.29, 1.82) is 0 Å². The summed E-state index contributed by atoms with van der Waals surface area (Å²) in [7, 11) is 0. The molecule has 1 heterocycles. The highest BCUT2D eigenvalue weighted by molar-refractivity contribution is 6.02. The Morgan fingerprint density at radius 2 is 1.71 bits per heavy atom. The summed E-state index contributed by atoms with van der Waals surface area (Å²) in [5.74, 6) is 1.95. The summed E-state index contributed by atoms with van der Waals surface area (Å²) in [5, 5.41) is 22.2. The van der Waals surface area contributed by atoms with Gasteiger partial charge in [-0.3, -0.25) is 14.3 Å². The first-order valence-corrected chi connectivity index (χ1v) is 19.9. The maximum Gasteiger partial charge on any atom is 0.312 e. The molecule has 7 rings (SSSR count). The molecule has 0 aliphatic heterocycles. The van der Waals surface area contributed by atoms with Gasteiger partial charge in [-0.15, -0.1) is 5.10 Å². The summed E-state index contributed by atoms with van der Waals surface area (Å²) in [6, 6.07) is 7.64. The fourth-order valence-corrected chi connectivity index (χ4v) is 12.7. The van der Waals surface area contributed by atoms with Crippen LogP contribution in [0.15, 0.2) is 42.1 Å². The molecule has 51 heavy (non-hydrogen) atoms. The molecule has 1 unspecified atom stereocenters. The number of aryl methyl sites for hydroxylation is 2. The van der Waals surface area contributed by atoms with Crippen LogP contribution in [0.1, 0.15) is 129 Å². The molecule has 5 aliphatic rings. The zero-order valence-corrected chi connectivity index (χ0v) is 32.4. The Balaban J connectivity index is 1.05. The number of anilines is 1. The van der Waals surface area contributed by atoms with Crippen molar-refractivity contribution in [2.75, 3.05) is 11.9 Å². The predicted octanol–water partition coefficient (Wildman–Crippen LogP) is 8.79. The largest absolute Gasteiger partial charge is 0.465 e. The standard InChI is InChI=1S/C43H62N4O4/c1-27-10-12-30(13-11-27)44-37(49)32-26-47(46-45-32)24-9-25-51-38(50)43-21-16-28(2)29(3)36(43)31-14-15-34-40(6)19-18-35(48)39(4,5)33(40)17-20-42(34,8)41(31,7)22-23-43/h10-14,26,28-29,33-36,48H,9,15-25H2,1-8H3,(H,44,49)/t28-,29+,33?,34-,35+,36+,40+,41-,42-,43+/m1/s1. The van der Waals surface area contributed by atoms with Crippen LogP contribution in [0, 0.1) is 63.6 Å². The maximum absolute atomic E-state index is 14.4. The van der Waals surface area contributed by atoms with E-state index in [9.17, 15) is 14.7 Å². The van der Waals surface area contributed by atoms with Gasteiger partial charge in [0.1, 0.15) is 0 Å². The molecule has 0 saturated heterocycles. The zero-order valence-electron chi connectivity index (χ0n) is 32.4. The van der Waals surface area contributed by atoms with E-state index in [0.717, 1.165) is 50.5 Å². The second-order valence-corrected chi connectivity index (χ2v) is 18.9. The molecule has 8 heteroatoms. The molecular formula is C43H62N4O4. The van der Waals surface area contributed by atoms with Gasteiger partial charge in [0.2, 0.25) is 0 Å². The first-order chi connectivity index (χ1) is 24.1. The van der Waals surface area contributed by atoms with Crippen molar-refractivity contribution < 1.29 is 19.4 Å². The van der Waals surface area contributed by atoms with Gasteiger partial charge in [0, 0.05) is 18.7 Å².